The molecule has 6 atom stereocenters. The maximum Gasteiger partial charge on any atom is 0.259 e. The van der Waals surface area contributed by atoms with Crippen molar-refractivity contribution in [3.63, 3.8) is 0 Å². The van der Waals surface area contributed by atoms with Crippen molar-refractivity contribution in [3.05, 3.63) is 36.0 Å². The highest BCUT2D eigenvalue weighted by Gasteiger charge is 2.63. The van der Waals surface area contributed by atoms with Crippen molar-refractivity contribution in [2.24, 2.45) is 17.8 Å². The molecule has 0 radical (unpaired) electrons. The third-order valence-corrected chi connectivity index (χ3v) is 13.8. The number of ketones is 1. The van der Waals surface area contributed by atoms with E-state index in [2.05, 4.69) is 25.3 Å². The van der Waals surface area contributed by atoms with E-state index < -0.39 is 68.1 Å². The van der Waals surface area contributed by atoms with Crippen molar-refractivity contribution < 1.29 is 41.9 Å². The smallest absolute Gasteiger partial charge is 0.259 e. The average Bonchev–Trinajstić information content (AvgIpc) is 4.02. The molecule has 56 heavy (non-hydrogen) atoms. The summed E-state index contributed by atoms with van der Waals surface area (Å²) in [5, 5.41) is 5.63. The highest BCUT2D eigenvalue weighted by Crippen LogP contribution is 2.47. The molecular formula is C40H54N6O9S. The summed E-state index contributed by atoms with van der Waals surface area (Å²) < 4.78 is 39.3. The van der Waals surface area contributed by atoms with Crippen LogP contribution in [-0.4, -0.2) is 94.8 Å². The number of benzene rings is 1. The summed E-state index contributed by atoms with van der Waals surface area (Å²) in [6.45, 7) is 8.31. The average molecular weight is 795 g/mol. The number of hydrogen-bond acceptors (Lipinski definition) is 11. The summed E-state index contributed by atoms with van der Waals surface area (Å²) in [5.74, 6) is -3.13. The first-order valence-electron chi connectivity index (χ1n) is 19.6. The van der Waals surface area contributed by atoms with E-state index in [9.17, 15) is 32.4 Å². The van der Waals surface area contributed by atoms with Crippen LogP contribution in [0.1, 0.15) is 97.6 Å². The number of methoxy groups -OCH3 is 1. The van der Waals surface area contributed by atoms with Gasteiger partial charge in [-0.2, -0.15) is 0 Å². The van der Waals surface area contributed by atoms with Gasteiger partial charge in [-0.3, -0.25) is 28.7 Å². The lowest BCUT2D eigenvalue weighted by molar-refractivity contribution is -0.144. The van der Waals surface area contributed by atoms with Gasteiger partial charge in [0.1, 0.15) is 29.1 Å². The molecule has 4 amide bonds. The number of ether oxygens (including phenoxy) is 2. The maximum absolute atomic E-state index is 14.7. The lowest BCUT2D eigenvalue weighted by Crippen LogP contribution is -2.57. The van der Waals surface area contributed by atoms with E-state index in [0.29, 0.717) is 54.6 Å². The largest absolute Gasteiger partial charge is 0.497 e. The number of allylic oxidation sites excluding steroid dienone is 1. The first kappa shape index (κ1) is 41.0. The van der Waals surface area contributed by atoms with Crippen LogP contribution in [-0.2, 0) is 34.0 Å². The third-order valence-electron chi connectivity index (χ3n) is 11.7. The number of aryl methyl sites for hydroxylation is 1. The number of carbonyl (C=O) groups is 5. The van der Waals surface area contributed by atoms with Crippen LogP contribution in [0.3, 0.4) is 0 Å². The van der Waals surface area contributed by atoms with Crippen LogP contribution < -0.4 is 24.8 Å². The van der Waals surface area contributed by atoms with Crippen LogP contribution in [0.2, 0.25) is 0 Å². The number of nitrogens with zero attached hydrogens (tertiary/aromatic N) is 3. The molecule has 0 unspecified atom stereocenters. The summed E-state index contributed by atoms with van der Waals surface area (Å²) in [5.41, 5.74) is 0.125. The normalized spacial score (nSPS) is 27.4. The molecule has 15 nitrogen and oxygen atoms in total. The van der Waals surface area contributed by atoms with Crippen molar-refractivity contribution in [2.75, 3.05) is 13.7 Å². The second-order valence-electron chi connectivity index (χ2n) is 16.5. The summed E-state index contributed by atoms with van der Waals surface area (Å²) in [7, 11) is -2.46. The van der Waals surface area contributed by atoms with E-state index in [1.165, 1.54) is 11.8 Å². The molecule has 1 aromatic carbocycles. The van der Waals surface area contributed by atoms with Crippen LogP contribution in [0.4, 0.5) is 0 Å². The second kappa shape index (κ2) is 16.1. The summed E-state index contributed by atoms with van der Waals surface area (Å²) >= 11 is 0. The number of carbonyl (C=O) groups excluding carboxylic acids is 5. The van der Waals surface area contributed by atoms with Gasteiger partial charge in [-0.25, -0.2) is 18.4 Å². The number of aromatic nitrogens is 2. The van der Waals surface area contributed by atoms with Gasteiger partial charge in [0.05, 0.1) is 35.5 Å². The van der Waals surface area contributed by atoms with Gasteiger partial charge in [0.2, 0.25) is 33.6 Å². The van der Waals surface area contributed by atoms with Crippen LogP contribution in [0.25, 0.3) is 11.0 Å². The van der Waals surface area contributed by atoms with E-state index in [4.69, 9.17) is 9.47 Å². The monoisotopic (exact) mass is 794 g/mol. The fourth-order valence-corrected chi connectivity index (χ4v) is 9.10. The quantitative estimate of drug-likeness (QED) is 0.281. The van der Waals surface area contributed by atoms with Crippen LogP contribution in [0.5, 0.6) is 11.6 Å². The Morgan fingerprint density at radius 3 is 2.52 bits per heavy atom. The number of hydrogen-bond donors (Lipinski definition) is 3. The Morgan fingerprint density at radius 1 is 1.09 bits per heavy atom. The standard InChI is InChI=1S/C40H54N6O9S/c1-23(2)34(42-25(4)47)33(48)18-26-12-10-8-7-9-11-13-27-21-40(27,38(51)45-56(52,53)39(5)16-17-39)44-35(49)32-20-29(22-46(32)37(26)50)55-36-24(3)41-30-15-14-28(54-6)19-31(30)43-36/h11,13-15,19,23,26-27,29,32,34H,7-10,12,16-18,20-22H2,1-6H3,(H,42,47)(H,44,49)(H,45,51)/b13-11-/t26-,27-,29-,32+,34+,40-/m1/s1. The molecule has 1 aromatic heterocycles. The molecule has 1 saturated heterocycles. The lowest BCUT2D eigenvalue weighted by Gasteiger charge is -2.30. The van der Waals surface area contributed by atoms with Gasteiger partial charge < -0.3 is 25.0 Å². The van der Waals surface area contributed by atoms with Gasteiger partial charge >= 0.3 is 0 Å². The Labute approximate surface area is 328 Å². The van der Waals surface area contributed by atoms with E-state index >= 15 is 0 Å². The summed E-state index contributed by atoms with van der Waals surface area (Å²) in [6.07, 6.45) is 7.32. The third kappa shape index (κ3) is 8.69. The molecule has 3 N–H and O–H groups in total. The SMILES string of the molecule is COc1ccc2nc(C)c(O[C@@H]3C[C@H]4C(=O)N[C@]5(C(=O)NS(=O)(=O)C6(C)CC6)C[C@H]5/C=C\CCCCC[C@H](CC(=O)[C@@H](NC(C)=O)C(C)C)C(=O)N4C3)nc2c1. The molecule has 6 rings (SSSR count). The Kier molecular flexibility index (Phi) is 11.8. The predicted octanol–water partition coefficient (Wildman–Crippen LogP) is 3.42. The fourth-order valence-electron chi connectivity index (χ4n) is 7.79. The van der Waals surface area contributed by atoms with Gasteiger partial charge in [0, 0.05) is 37.7 Å². The van der Waals surface area contributed by atoms with Crippen molar-refractivity contribution in [2.45, 2.75) is 127 Å². The summed E-state index contributed by atoms with van der Waals surface area (Å²) in [4.78, 5) is 79.6. The van der Waals surface area contributed by atoms with E-state index in [0.717, 1.165) is 12.8 Å². The molecule has 16 heteroatoms. The molecule has 3 heterocycles. The first-order valence-corrected chi connectivity index (χ1v) is 21.1. The Morgan fingerprint density at radius 2 is 1.84 bits per heavy atom. The van der Waals surface area contributed by atoms with E-state index in [1.54, 1.807) is 39.2 Å². The molecule has 304 valence electrons. The zero-order valence-electron chi connectivity index (χ0n) is 33.1. The number of fused-ring (bicyclic) bond motifs is 3. The molecule has 3 fully saturated rings. The van der Waals surface area contributed by atoms with Crippen molar-refractivity contribution >= 4 is 50.5 Å². The number of amides is 4. The van der Waals surface area contributed by atoms with Crippen molar-refractivity contribution in [3.8, 4) is 11.6 Å². The fraction of sp³-hybridized carbons (Fsp3) is 0.625. The zero-order valence-corrected chi connectivity index (χ0v) is 33.9. The Bertz CT molecular complexity index is 2030. The lowest BCUT2D eigenvalue weighted by atomic mass is 9.88. The number of Topliss-reactive ketones (excluding diaryl/α,β-unsaturated/α-hetero) is 1. The minimum atomic E-state index is -4.00. The Hall–Kier alpha value is -4.60. The molecule has 2 saturated carbocycles. The molecule has 4 aliphatic rings. The minimum Gasteiger partial charge on any atom is -0.497 e. The highest BCUT2D eigenvalue weighted by molar-refractivity contribution is 7.91. The summed E-state index contributed by atoms with van der Waals surface area (Å²) in [6, 6.07) is 3.38. The van der Waals surface area contributed by atoms with Gasteiger partial charge in [-0.1, -0.05) is 38.8 Å². The zero-order chi connectivity index (χ0) is 40.6. The van der Waals surface area contributed by atoms with Crippen molar-refractivity contribution in [1.82, 2.24) is 30.2 Å². The number of rotatable bonds is 11. The topological polar surface area (TPSA) is 203 Å². The number of nitrogens with one attached hydrogen (secondary N) is 3. The van der Waals surface area contributed by atoms with Gasteiger partial charge in [0.25, 0.3) is 5.91 Å². The maximum atomic E-state index is 14.7. The molecule has 2 aliphatic carbocycles. The molecular weight excluding hydrogens is 741 g/mol. The van der Waals surface area contributed by atoms with Gasteiger partial charge in [-0.05, 0) is 70.4 Å². The predicted molar refractivity (Wildman–Crippen MR) is 207 cm³/mol. The highest BCUT2D eigenvalue weighted by atomic mass is 32.2. The van der Waals surface area contributed by atoms with Crippen molar-refractivity contribution in [1.29, 1.82) is 0 Å². The molecule has 2 aromatic rings. The van der Waals surface area contributed by atoms with Crippen LogP contribution in [0, 0.1) is 24.7 Å². The van der Waals surface area contributed by atoms with Crippen LogP contribution in [0.15, 0.2) is 30.4 Å². The molecule has 0 spiro atoms. The van der Waals surface area contributed by atoms with Gasteiger partial charge in [0.15, 0.2) is 5.78 Å². The number of sulfonamides is 1. The van der Waals surface area contributed by atoms with E-state index in [1.807, 2.05) is 26.0 Å². The minimum absolute atomic E-state index is 0.0204. The Balaban J connectivity index is 1.32. The van der Waals surface area contributed by atoms with Crippen LogP contribution >= 0.6 is 0 Å². The second-order valence-corrected chi connectivity index (χ2v) is 18.7. The van der Waals surface area contributed by atoms with E-state index in [-0.39, 0.29) is 49.3 Å². The molecule has 2 aliphatic heterocycles. The molecule has 0 bridgehead atoms. The first-order chi connectivity index (χ1) is 26.5. The van der Waals surface area contributed by atoms with Gasteiger partial charge in [-0.15, -0.1) is 0 Å².